The molecule has 3 heteroatoms. The Bertz CT molecular complexity index is 459. The van der Waals surface area contributed by atoms with Crippen LogP contribution in [-0.2, 0) is 0 Å². The van der Waals surface area contributed by atoms with Crippen molar-refractivity contribution in [3.8, 4) is 0 Å². The Morgan fingerprint density at radius 1 is 1.29 bits per heavy atom. The number of nitrogens with two attached hydrogens (primary N) is 1. The van der Waals surface area contributed by atoms with E-state index in [-0.39, 0.29) is 0 Å². The van der Waals surface area contributed by atoms with Crippen LogP contribution in [0, 0.1) is 13.8 Å². The number of benzene rings is 1. The van der Waals surface area contributed by atoms with Crippen LogP contribution in [0.1, 0.15) is 11.1 Å². The zero-order chi connectivity index (χ0) is 10.3. The number of rotatable bonds is 0. The maximum absolute atomic E-state index is 6.09. The first-order valence-corrected chi connectivity index (χ1v) is 4.79. The molecule has 0 aliphatic carbocycles. The Morgan fingerprint density at radius 3 is 2.71 bits per heavy atom. The van der Waals surface area contributed by atoms with Crippen LogP contribution in [0.4, 0.5) is 5.69 Å². The van der Waals surface area contributed by atoms with E-state index in [2.05, 4.69) is 11.9 Å². The molecule has 1 heterocycles. The molecule has 0 unspecified atom stereocenters. The summed E-state index contributed by atoms with van der Waals surface area (Å²) in [5.41, 5.74) is 9.51. The molecule has 0 aliphatic heterocycles. The number of nitrogens with zero attached hydrogens (tertiary/aromatic N) is 1. The summed E-state index contributed by atoms with van der Waals surface area (Å²) < 4.78 is 0. The number of aryl methyl sites for hydroxylation is 2. The van der Waals surface area contributed by atoms with Crippen molar-refractivity contribution < 1.29 is 0 Å². The zero-order valence-corrected chi connectivity index (χ0v) is 8.89. The Kier molecular flexibility index (Phi) is 2.08. The second-order valence-electron chi connectivity index (χ2n) is 3.43. The smallest absolute Gasteiger partial charge is 0.0750 e. The normalized spacial score (nSPS) is 10.8. The highest BCUT2D eigenvalue weighted by Crippen LogP contribution is 2.29. The highest BCUT2D eigenvalue weighted by molar-refractivity contribution is 6.37. The number of aromatic nitrogens is 1. The van der Waals surface area contributed by atoms with Gasteiger partial charge in [-0.2, -0.15) is 0 Å². The van der Waals surface area contributed by atoms with Crippen LogP contribution in [0.25, 0.3) is 10.9 Å². The number of hydrogen-bond donors (Lipinski definition) is 1. The molecule has 2 rings (SSSR count). The lowest BCUT2D eigenvalue weighted by Gasteiger charge is -2.07. The fraction of sp³-hybridized carbons (Fsp3) is 0.182. The third kappa shape index (κ3) is 1.23. The molecular formula is C11H11ClN2. The summed E-state index contributed by atoms with van der Waals surface area (Å²) in [5, 5.41) is 1.52. The highest BCUT2D eigenvalue weighted by atomic mass is 35.5. The number of nitrogen functional groups attached to an aromatic ring is 1. The molecule has 14 heavy (non-hydrogen) atoms. The summed E-state index contributed by atoms with van der Waals surface area (Å²) in [6.07, 6.45) is 1.61. The van der Waals surface area contributed by atoms with Gasteiger partial charge in [-0.05, 0) is 25.0 Å². The van der Waals surface area contributed by atoms with Crippen LogP contribution < -0.4 is 5.73 Å². The first-order chi connectivity index (χ1) is 6.61. The van der Waals surface area contributed by atoms with Gasteiger partial charge in [0.2, 0.25) is 0 Å². The van der Waals surface area contributed by atoms with E-state index in [0.717, 1.165) is 16.5 Å². The molecule has 0 saturated heterocycles. The van der Waals surface area contributed by atoms with Crippen molar-refractivity contribution >= 4 is 28.2 Å². The van der Waals surface area contributed by atoms with E-state index in [9.17, 15) is 0 Å². The fourth-order valence-corrected chi connectivity index (χ4v) is 1.69. The second kappa shape index (κ2) is 3.14. The minimum absolute atomic E-state index is 0.530. The minimum atomic E-state index is 0.530. The van der Waals surface area contributed by atoms with Gasteiger partial charge in [-0.1, -0.05) is 23.7 Å². The van der Waals surface area contributed by atoms with E-state index in [1.54, 1.807) is 6.20 Å². The molecule has 0 atom stereocenters. The van der Waals surface area contributed by atoms with Crippen molar-refractivity contribution in [1.29, 1.82) is 0 Å². The molecule has 0 fully saturated rings. The van der Waals surface area contributed by atoms with Crippen molar-refractivity contribution in [2.24, 2.45) is 0 Å². The van der Waals surface area contributed by atoms with E-state index in [1.165, 1.54) is 5.56 Å². The van der Waals surface area contributed by atoms with Crippen LogP contribution in [0.5, 0.6) is 0 Å². The van der Waals surface area contributed by atoms with Crippen LogP contribution in [0.15, 0.2) is 18.3 Å². The Morgan fingerprint density at radius 2 is 2.00 bits per heavy atom. The van der Waals surface area contributed by atoms with Crippen LogP contribution in [0.3, 0.4) is 0 Å². The summed E-state index contributed by atoms with van der Waals surface area (Å²) >= 11 is 6.09. The zero-order valence-electron chi connectivity index (χ0n) is 8.13. The van der Waals surface area contributed by atoms with Gasteiger partial charge in [-0.15, -0.1) is 0 Å². The van der Waals surface area contributed by atoms with E-state index in [0.29, 0.717) is 10.7 Å². The molecule has 0 amide bonds. The highest BCUT2D eigenvalue weighted by Gasteiger charge is 2.07. The average molecular weight is 207 g/mol. The number of pyridine rings is 1. The molecule has 1 aromatic carbocycles. The van der Waals surface area contributed by atoms with Crippen LogP contribution >= 0.6 is 11.6 Å². The topological polar surface area (TPSA) is 38.9 Å². The summed E-state index contributed by atoms with van der Waals surface area (Å²) in [7, 11) is 0. The number of fused-ring (bicyclic) bond motifs is 1. The van der Waals surface area contributed by atoms with Gasteiger partial charge >= 0.3 is 0 Å². The maximum Gasteiger partial charge on any atom is 0.0750 e. The first kappa shape index (κ1) is 9.28. The second-order valence-corrected chi connectivity index (χ2v) is 3.81. The molecule has 0 bridgehead atoms. The van der Waals surface area contributed by atoms with Crippen molar-refractivity contribution in [3.63, 3.8) is 0 Å². The van der Waals surface area contributed by atoms with Gasteiger partial charge in [0.05, 0.1) is 22.4 Å². The van der Waals surface area contributed by atoms with E-state index < -0.39 is 0 Å². The largest absolute Gasteiger partial charge is 0.396 e. The predicted molar refractivity (Wildman–Crippen MR) is 60.6 cm³/mol. The number of anilines is 1. The lowest BCUT2D eigenvalue weighted by Crippen LogP contribution is -1.92. The maximum atomic E-state index is 6.09. The van der Waals surface area contributed by atoms with Gasteiger partial charge in [0, 0.05) is 5.39 Å². The van der Waals surface area contributed by atoms with Crippen LogP contribution in [0.2, 0.25) is 5.02 Å². The van der Waals surface area contributed by atoms with Crippen LogP contribution in [-0.4, -0.2) is 4.98 Å². The molecule has 0 radical (unpaired) electrons. The molecule has 72 valence electrons. The summed E-state index contributed by atoms with van der Waals surface area (Å²) in [6, 6.07) is 3.99. The third-order valence-corrected chi connectivity index (χ3v) is 2.95. The molecule has 2 nitrogen and oxygen atoms in total. The molecule has 2 N–H and O–H groups in total. The van der Waals surface area contributed by atoms with E-state index in [4.69, 9.17) is 17.3 Å². The Hall–Kier alpha value is -1.28. The standard InChI is InChI=1S/C11H11ClN2/c1-6-3-4-8-10(12)9(13)5-14-11(8)7(6)2/h3-5H,13H2,1-2H3. The molecule has 0 spiro atoms. The van der Waals surface area contributed by atoms with Gasteiger partial charge in [-0.3, -0.25) is 4.98 Å². The predicted octanol–water partition coefficient (Wildman–Crippen LogP) is 3.09. The van der Waals surface area contributed by atoms with E-state index >= 15 is 0 Å². The van der Waals surface area contributed by atoms with Gasteiger partial charge in [-0.25, -0.2) is 0 Å². The average Bonchev–Trinajstić information content (AvgIpc) is 2.17. The Balaban J connectivity index is 2.94. The van der Waals surface area contributed by atoms with Gasteiger partial charge in [0.25, 0.3) is 0 Å². The van der Waals surface area contributed by atoms with Crippen molar-refractivity contribution in [3.05, 3.63) is 34.5 Å². The Labute approximate surface area is 87.7 Å². The fourth-order valence-electron chi connectivity index (χ4n) is 1.49. The van der Waals surface area contributed by atoms with Gasteiger partial charge in [0.15, 0.2) is 0 Å². The lowest BCUT2D eigenvalue weighted by atomic mass is 10.1. The number of hydrogen-bond acceptors (Lipinski definition) is 2. The van der Waals surface area contributed by atoms with Crippen molar-refractivity contribution in [2.75, 3.05) is 5.73 Å². The van der Waals surface area contributed by atoms with Crippen molar-refractivity contribution in [2.45, 2.75) is 13.8 Å². The minimum Gasteiger partial charge on any atom is -0.396 e. The quantitative estimate of drug-likeness (QED) is 0.720. The third-order valence-electron chi connectivity index (χ3n) is 2.52. The number of halogens is 1. The van der Waals surface area contributed by atoms with Gasteiger partial charge < -0.3 is 5.73 Å². The monoisotopic (exact) mass is 206 g/mol. The SMILES string of the molecule is Cc1ccc2c(Cl)c(N)cnc2c1C. The molecule has 1 aromatic heterocycles. The first-order valence-electron chi connectivity index (χ1n) is 4.41. The lowest BCUT2D eigenvalue weighted by molar-refractivity contribution is 1.31. The van der Waals surface area contributed by atoms with Crippen molar-refractivity contribution in [1.82, 2.24) is 4.98 Å². The summed E-state index contributed by atoms with van der Waals surface area (Å²) in [4.78, 5) is 4.29. The molecule has 0 saturated carbocycles. The molecule has 0 aliphatic rings. The molecular weight excluding hydrogens is 196 g/mol. The molecule has 2 aromatic rings. The summed E-state index contributed by atoms with van der Waals surface area (Å²) in [6.45, 7) is 4.10. The summed E-state index contributed by atoms with van der Waals surface area (Å²) in [5.74, 6) is 0. The van der Waals surface area contributed by atoms with Gasteiger partial charge in [0.1, 0.15) is 0 Å². The van der Waals surface area contributed by atoms with E-state index in [1.807, 2.05) is 19.1 Å².